The average molecular weight is 254 g/mol. The molecule has 1 heterocycles. The van der Waals surface area contributed by atoms with Gasteiger partial charge in [-0.1, -0.05) is 6.58 Å². The molecular formula is C13H22N2O3. The van der Waals surface area contributed by atoms with Crippen LogP contribution < -0.4 is 0 Å². The largest absolute Gasteiger partial charge is 0.444 e. The van der Waals surface area contributed by atoms with Gasteiger partial charge in [0.25, 0.3) is 0 Å². The Labute approximate surface area is 108 Å². The Kier molecular flexibility index (Phi) is 4.76. The van der Waals surface area contributed by atoms with E-state index in [2.05, 4.69) is 6.58 Å². The van der Waals surface area contributed by atoms with Crippen LogP contribution in [-0.4, -0.2) is 53.6 Å². The number of carbonyl (C=O) groups is 2. The van der Waals surface area contributed by atoms with Crippen LogP contribution in [0.1, 0.15) is 27.2 Å². The van der Waals surface area contributed by atoms with E-state index in [0.29, 0.717) is 26.2 Å². The van der Waals surface area contributed by atoms with Crippen molar-refractivity contribution in [1.82, 2.24) is 9.80 Å². The highest BCUT2D eigenvalue weighted by Gasteiger charge is 2.25. The smallest absolute Gasteiger partial charge is 0.410 e. The Balaban J connectivity index is 2.54. The first-order valence-electron chi connectivity index (χ1n) is 6.23. The maximum atomic E-state index is 11.9. The van der Waals surface area contributed by atoms with Crippen molar-refractivity contribution in [2.45, 2.75) is 32.8 Å². The third kappa shape index (κ3) is 4.39. The van der Waals surface area contributed by atoms with Crippen molar-refractivity contribution >= 4 is 12.0 Å². The summed E-state index contributed by atoms with van der Waals surface area (Å²) in [5.41, 5.74) is -0.486. The molecule has 0 atom stereocenters. The molecule has 5 nitrogen and oxygen atoms in total. The zero-order valence-electron chi connectivity index (χ0n) is 11.4. The van der Waals surface area contributed by atoms with Crippen LogP contribution >= 0.6 is 0 Å². The number of hydrogen-bond acceptors (Lipinski definition) is 3. The molecule has 1 rings (SSSR count). The minimum atomic E-state index is -0.486. The van der Waals surface area contributed by atoms with Gasteiger partial charge in [-0.15, -0.1) is 0 Å². The molecule has 1 saturated heterocycles. The van der Waals surface area contributed by atoms with Gasteiger partial charge in [-0.25, -0.2) is 4.79 Å². The van der Waals surface area contributed by atoms with Gasteiger partial charge in [-0.05, 0) is 33.3 Å². The predicted molar refractivity (Wildman–Crippen MR) is 69.2 cm³/mol. The van der Waals surface area contributed by atoms with Gasteiger partial charge in [0.15, 0.2) is 0 Å². The topological polar surface area (TPSA) is 49.9 Å². The molecule has 0 aromatic heterocycles. The zero-order chi connectivity index (χ0) is 13.8. The van der Waals surface area contributed by atoms with E-state index in [4.69, 9.17) is 4.74 Å². The first kappa shape index (κ1) is 14.5. The lowest BCUT2D eigenvalue weighted by molar-refractivity contribution is -0.125. The van der Waals surface area contributed by atoms with Crippen LogP contribution in [0.5, 0.6) is 0 Å². The van der Waals surface area contributed by atoms with Gasteiger partial charge in [0.1, 0.15) is 5.60 Å². The zero-order valence-corrected chi connectivity index (χ0v) is 11.4. The van der Waals surface area contributed by atoms with E-state index in [0.717, 1.165) is 6.42 Å². The Morgan fingerprint density at radius 1 is 1.11 bits per heavy atom. The number of nitrogens with zero attached hydrogens (tertiary/aromatic N) is 2. The van der Waals surface area contributed by atoms with Crippen LogP contribution in [0.2, 0.25) is 0 Å². The molecule has 0 bridgehead atoms. The molecule has 1 aliphatic heterocycles. The summed E-state index contributed by atoms with van der Waals surface area (Å²) < 4.78 is 5.32. The van der Waals surface area contributed by atoms with Crippen molar-refractivity contribution in [2.24, 2.45) is 0 Å². The second-order valence-corrected chi connectivity index (χ2v) is 5.35. The normalized spacial score (nSPS) is 17.1. The van der Waals surface area contributed by atoms with E-state index in [9.17, 15) is 9.59 Å². The minimum Gasteiger partial charge on any atom is -0.444 e. The van der Waals surface area contributed by atoms with Crippen molar-refractivity contribution in [3.63, 3.8) is 0 Å². The Morgan fingerprint density at radius 3 is 2.22 bits per heavy atom. The van der Waals surface area contributed by atoms with E-state index >= 15 is 0 Å². The molecule has 0 saturated carbocycles. The first-order chi connectivity index (χ1) is 8.33. The standard InChI is InChI=1S/C13H22N2O3/c1-5-11(16)14-7-6-8-15(10-9-14)12(17)18-13(2,3)4/h5H,1,6-10H2,2-4H3. The quantitative estimate of drug-likeness (QED) is 0.668. The molecular weight excluding hydrogens is 232 g/mol. The van der Waals surface area contributed by atoms with Gasteiger partial charge >= 0.3 is 6.09 Å². The second kappa shape index (κ2) is 5.89. The van der Waals surface area contributed by atoms with Crippen LogP contribution in [0.3, 0.4) is 0 Å². The Morgan fingerprint density at radius 2 is 1.67 bits per heavy atom. The van der Waals surface area contributed by atoms with E-state index in [1.807, 2.05) is 20.8 Å². The highest BCUT2D eigenvalue weighted by atomic mass is 16.6. The molecule has 1 aliphatic rings. The molecule has 0 aromatic carbocycles. The third-order valence-corrected chi connectivity index (χ3v) is 2.63. The van der Waals surface area contributed by atoms with E-state index in [1.54, 1.807) is 9.80 Å². The summed E-state index contributed by atoms with van der Waals surface area (Å²) in [5.74, 6) is -0.0824. The third-order valence-electron chi connectivity index (χ3n) is 2.63. The Hall–Kier alpha value is -1.52. The molecule has 0 aromatic rings. The van der Waals surface area contributed by atoms with Gasteiger partial charge in [0.05, 0.1) is 0 Å². The number of carbonyl (C=O) groups excluding carboxylic acids is 2. The fourth-order valence-corrected chi connectivity index (χ4v) is 1.78. The van der Waals surface area contributed by atoms with Gasteiger partial charge in [0, 0.05) is 26.2 Å². The lowest BCUT2D eigenvalue weighted by Crippen LogP contribution is -2.39. The molecule has 1 fully saturated rings. The van der Waals surface area contributed by atoms with Crippen LogP contribution in [-0.2, 0) is 9.53 Å². The maximum Gasteiger partial charge on any atom is 0.410 e. The average Bonchev–Trinajstić information content (AvgIpc) is 2.51. The number of amides is 2. The molecule has 0 aliphatic carbocycles. The van der Waals surface area contributed by atoms with Crippen LogP contribution in [0.25, 0.3) is 0 Å². The monoisotopic (exact) mass is 254 g/mol. The van der Waals surface area contributed by atoms with Crippen LogP contribution in [0, 0.1) is 0 Å². The van der Waals surface area contributed by atoms with Crippen LogP contribution in [0.4, 0.5) is 4.79 Å². The van der Waals surface area contributed by atoms with Crippen molar-refractivity contribution < 1.29 is 14.3 Å². The summed E-state index contributed by atoms with van der Waals surface area (Å²) in [6, 6.07) is 0. The van der Waals surface area contributed by atoms with Crippen molar-refractivity contribution in [2.75, 3.05) is 26.2 Å². The van der Waals surface area contributed by atoms with E-state index < -0.39 is 5.60 Å². The fraction of sp³-hybridized carbons (Fsp3) is 0.692. The predicted octanol–water partition coefficient (Wildman–Crippen LogP) is 1.64. The summed E-state index contributed by atoms with van der Waals surface area (Å²) in [6.07, 6.45) is 1.76. The summed E-state index contributed by atoms with van der Waals surface area (Å²) in [7, 11) is 0. The lowest BCUT2D eigenvalue weighted by Gasteiger charge is -2.26. The van der Waals surface area contributed by atoms with Crippen molar-refractivity contribution in [3.05, 3.63) is 12.7 Å². The molecule has 2 amide bonds. The van der Waals surface area contributed by atoms with Gasteiger partial charge in [0.2, 0.25) is 5.91 Å². The summed E-state index contributed by atoms with van der Waals surface area (Å²) in [6.45, 7) is 11.3. The molecule has 5 heteroatoms. The number of ether oxygens (including phenoxy) is 1. The molecule has 0 spiro atoms. The molecule has 18 heavy (non-hydrogen) atoms. The maximum absolute atomic E-state index is 11.9. The van der Waals surface area contributed by atoms with Gasteiger partial charge in [-0.3, -0.25) is 4.79 Å². The van der Waals surface area contributed by atoms with E-state index in [1.165, 1.54) is 6.08 Å². The molecule has 0 radical (unpaired) electrons. The summed E-state index contributed by atoms with van der Waals surface area (Å²) >= 11 is 0. The highest BCUT2D eigenvalue weighted by molar-refractivity contribution is 5.87. The number of hydrogen-bond donors (Lipinski definition) is 0. The van der Waals surface area contributed by atoms with Gasteiger partial charge in [-0.2, -0.15) is 0 Å². The van der Waals surface area contributed by atoms with Crippen LogP contribution in [0.15, 0.2) is 12.7 Å². The molecule has 0 unspecified atom stereocenters. The summed E-state index contributed by atoms with van der Waals surface area (Å²) in [5, 5.41) is 0. The molecule has 0 N–H and O–H groups in total. The fourth-order valence-electron chi connectivity index (χ4n) is 1.78. The molecule has 102 valence electrons. The first-order valence-corrected chi connectivity index (χ1v) is 6.23. The minimum absolute atomic E-state index is 0.0824. The second-order valence-electron chi connectivity index (χ2n) is 5.35. The Bertz CT molecular complexity index is 334. The van der Waals surface area contributed by atoms with Crippen molar-refractivity contribution in [1.29, 1.82) is 0 Å². The number of rotatable bonds is 1. The lowest BCUT2D eigenvalue weighted by atomic mass is 10.2. The highest BCUT2D eigenvalue weighted by Crippen LogP contribution is 2.12. The van der Waals surface area contributed by atoms with Gasteiger partial charge < -0.3 is 14.5 Å². The van der Waals surface area contributed by atoms with Crippen molar-refractivity contribution in [3.8, 4) is 0 Å². The van der Waals surface area contributed by atoms with E-state index in [-0.39, 0.29) is 12.0 Å². The summed E-state index contributed by atoms with van der Waals surface area (Å²) in [4.78, 5) is 26.8. The SMILES string of the molecule is C=CC(=O)N1CCCN(C(=O)OC(C)(C)C)CC1.